The minimum absolute atomic E-state index is 0.842. The van der Waals surface area contributed by atoms with Crippen LogP contribution in [0.2, 0.25) is 0 Å². The molecule has 0 unspecified atom stereocenters. The zero-order valence-corrected chi connectivity index (χ0v) is 9.41. The number of aromatic nitrogens is 2. The SMILES string of the molecule is Cc1cc(C2=N[N]C=C2)n(-c2ccccc2)n1. The van der Waals surface area contributed by atoms with E-state index >= 15 is 0 Å². The lowest BCUT2D eigenvalue weighted by molar-refractivity contribution is 0.853. The van der Waals surface area contributed by atoms with Gasteiger partial charge in [-0.05, 0) is 31.2 Å². The first kappa shape index (κ1) is 9.84. The van der Waals surface area contributed by atoms with Crippen molar-refractivity contribution in [3.05, 3.63) is 60.1 Å². The zero-order valence-electron chi connectivity index (χ0n) is 9.41. The van der Waals surface area contributed by atoms with E-state index in [1.54, 1.807) is 6.20 Å². The van der Waals surface area contributed by atoms with Crippen molar-refractivity contribution in [2.24, 2.45) is 5.10 Å². The fraction of sp³-hybridized carbons (Fsp3) is 0.0769. The maximum atomic E-state index is 4.49. The van der Waals surface area contributed by atoms with Gasteiger partial charge in [-0.3, -0.25) is 0 Å². The number of allylic oxidation sites excluding steroid dienone is 1. The molecule has 17 heavy (non-hydrogen) atoms. The highest BCUT2D eigenvalue weighted by atomic mass is 15.3. The molecular weight excluding hydrogens is 212 g/mol. The van der Waals surface area contributed by atoms with Crippen molar-refractivity contribution in [1.29, 1.82) is 0 Å². The first-order valence-electron chi connectivity index (χ1n) is 5.41. The average molecular weight is 223 g/mol. The summed E-state index contributed by atoms with van der Waals surface area (Å²) in [5.74, 6) is 0. The molecule has 2 heterocycles. The van der Waals surface area contributed by atoms with Gasteiger partial charge >= 0.3 is 0 Å². The summed E-state index contributed by atoms with van der Waals surface area (Å²) in [6, 6.07) is 12.0. The van der Waals surface area contributed by atoms with Crippen molar-refractivity contribution in [2.45, 2.75) is 6.92 Å². The van der Waals surface area contributed by atoms with Crippen LogP contribution in [0.5, 0.6) is 0 Å². The summed E-state index contributed by atoms with van der Waals surface area (Å²) >= 11 is 0. The Bertz CT molecular complexity index is 593. The van der Waals surface area contributed by atoms with Gasteiger partial charge in [-0.25, -0.2) is 4.68 Å². The van der Waals surface area contributed by atoms with Crippen LogP contribution in [0.3, 0.4) is 0 Å². The van der Waals surface area contributed by atoms with Gasteiger partial charge in [-0.15, -0.1) is 5.10 Å². The van der Waals surface area contributed by atoms with Crippen LogP contribution in [0, 0.1) is 6.92 Å². The molecule has 4 nitrogen and oxygen atoms in total. The van der Waals surface area contributed by atoms with E-state index in [0.29, 0.717) is 0 Å². The van der Waals surface area contributed by atoms with E-state index in [9.17, 15) is 0 Å². The highest BCUT2D eigenvalue weighted by molar-refractivity contribution is 6.08. The molecule has 0 atom stereocenters. The summed E-state index contributed by atoms with van der Waals surface area (Å²) in [5, 5.41) is 8.56. The Morgan fingerprint density at radius 3 is 2.65 bits per heavy atom. The van der Waals surface area contributed by atoms with Gasteiger partial charge in [0.15, 0.2) is 0 Å². The van der Waals surface area contributed by atoms with Gasteiger partial charge in [-0.1, -0.05) is 18.2 Å². The fourth-order valence-electron chi connectivity index (χ4n) is 1.82. The highest BCUT2D eigenvalue weighted by Gasteiger charge is 2.13. The molecule has 4 heteroatoms. The van der Waals surface area contributed by atoms with Crippen molar-refractivity contribution in [1.82, 2.24) is 15.2 Å². The number of nitrogens with zero attached hydrogens (tertiary/aromatic N) is 4. The Labute approximate surface area is 99.3 Å². The van der Waals surface area contributed by atoms with Gasteiger partial charge in [0.05, 0.1) is 23.3 Å². The summed E-state index contributed by atoms with van der Waals surface area (Å²) in [6.07, 6.45) is 3.57. The van der Waals surface area contributed by atoms with Crippen molar-refractivity contribution < 1.29 is 0 Å². The topological polar surface area (TPSA) is 44.3 Å². The molecule has 0 fully saturated rings. The van der Waals surface area contributed by atoms with Crippen molar-refractivity contribution in [3.63, 3.8) is 0 Å². The molecule has 1 aromatic carbocycles. The molecule has 1 radical (unpaired) electrons. The number of aryl methyl sites for hydroxylation is 1. The van der Waals surface area contributed by atoms with Crippen molar-refractivity contribution >= 4 is 5.71 Å². The minimum Gasteiger partial charge on any atom is -0.231 e. The number of rotatable bonds is 2. The van der Waals surface area contributed by atoms with Gasteiger partial charge in [0.25, 0.3) is 0 Å². The Hall–Kier alpha value is -2.36. The van der Waals surface area contributed by atoms with E-state index in [2.05, 4.69) is 15.6 Å². The summed E-state index contributed by atoms with van der Waals surface area (Å²) < 4.78 is 1.89. The predicted molar refractivity (Wildman–Crippen MR) is 66.1 cm³/mol. The second-order valence-electron chi connectivity index (χ2n) is 3.83. The van der Waals surface area contributed by atoms with Gasteiger partial charge in [0, 0.05) is 0 Å². The van der Waals surface area contributed by atoms with Crippen LogP contribution in [0.25, 0.3) is 5.69 Å². The first-order valence-corrected chi connectivity index (χ1v) is 5.41. The van der Waals surface area contributed by atoms with Crippen LogP contribution in [0.4, 0.5) is 0 Å². The maximum absolute atomic E-state index is 4.49. The van der Waals surface area contributed by atoms with E-state index < -0.39 is 0 Å². The molecule has 3 rings (SSSR count). The van der Waals surface area contributed by atoms with Crippen molar-refractivity contribution in [2.75, 3.05) is 0 Å². The number of hydrogen-bond donors (Lipinski definition) is 0. The monoisotopic (exact) mass is 223 g/mol. The van der Waals surface area contributed by atoms with Gasteiger partial charge in [0.1, 0.15) is 5.71 Å². The summed E-state index contributed by atoms with van der Waals surface area (Å²) in [5.41, 5.74) is 7.65. The molecule has 1 aromatic heterocycles. The lowest BCUT2D eigenvalue weighted by Crippen LogP contribution is -2.06. The van der Waals surface area contributed by atoms with Gasteiger partial charge in [-0.2, -0.15) is 10.5 Å². The molecule has 0 aliphatic carbocycles. The first-order chi connectivity index (χ1) is 8.34. The molecule has 1 aliphatic rings. The average Bonchev–Trinajstić information content (AvgIpc) is 2.98. The smallest absolute Gasteiger partial charge is 0.113 e. The molecule has 0 saturated heterocycles. The van der Waals surface area contributed by atoms with Crippen LogP contribution >= 0.6 is 0 Å². The van der Waals surface area contributed by atoms with E-state index in [1.807, 2.05) is 54.1 Å². The zero-order chi connectivity index (χ0) is 11.7. The molecule has 0 amide bonds. The standard InChI is InChI=1S/C13H11N4/c1-10-9-13(12-7-8-14-15-12)17(16-10)11-5-3-2-4-6-11/h2-9H,1H3. The highest BCUT2D eigenvalue weighted by Crippen LogP contribution is 2.14. The van der Waals surface area contributed by atoms with E-state index in [4.69, 9.17) is 0 Å². The predicted octanol–water partition coefficient (Wildman–Crippen LogP) is 2.02. The minimum atomic E-state index is 0.842. The lowest BCUT2D eigenvalue weighted by Gasteiger charge is -2.05. The van der Waals surface area contributed by atoms with E-state index in [1.165, 1.54) is 0 Å². The van der Waals surface area contributed by atoms with Crippen molar-refractivity contribution in [3.8, 4) is 5.69 Å². The summed E-state index contributed by atoms with van der Waals surface area (Å²) in [4.78, 5) is 0. The van der Waals surface area contributed by atoms with Gasteiger partial charge < -0.3 is 0 Å². The molecule has 0 saturated carbocycles. The Morgan fingerprint density at radius 1 is 1.12 bits per heavy atom. The van der Waals surface area contributed by atoms with E-state index in [0.717, 1.165) is 22.8 Å². The quantitative estimate of drug-likeness (QED) is 0.768. The molecule has 2 aromatic rings. The third-order valence-corrected chi connectivity index (χ3v) is 2.56. The third-order valence-electron chi connectivity index (χ3n) is 2.56. The Balaban J connectivity index is 2.14. The van der Waals surface area contributed by atoms with Crippen LogP contribution < -0.4 is 5.43 Å². The van der Waals surface area contributed by atoms with Crippen LogP contribution in [-0.2, 0) is 0 Å². The maximum Gasteiger partial charge on any atom is 0.113 e. The van der Waals surface area contributed by atoms with Crippen LogP contribution in [0.15, 0.2) is 53.8 Å². The number of benzene rings is 1. The van der Waals surface area contributed by atoms with Gasteiger partial charge in [0.2, 0.25) is 0 Å². The Kier molecular flexibility index (Phi) is 2.26. The lowest BCUT2D eigenvalue weighted by atomic mass is 10.2. The normalized spacial score (nSPS) is 13.6. The molecule has 0 spiro atoms. The molecule has 1 aliphatic heterocycles. The summed E-state index contributed by atoms with van der Waals surface area (Å²) in [6.45, 7) is 1.97. The second kappa shape index (κ2) is 3.90. The fourth-order valence-corrected chi connectivity index (χ4v) is 1.82. The molecule has 83 valence electrons. The second-order valence-corrected chi connectivity index (χ2v) is 3.83. The third kappa shape index (κ3) is 1.73. The van der Waals surface area contributed by atoms with Crippen LogP contribution in [-0.4, -0.2) is 15.5 Å². The number of para-hydroxylation sites is 1. The molecule has 0 N–H and O–H groups in total. The molecule has 0 bridgehead atoms. The number of hydrogen-bond acceptors (Lipinski definition) is 2. The van der Waals surface area contributed by atoms with Crippen LogP contribution in [0.1, 0.15) is 11.4 Å². The molecular formula is C13H11N4. The van der Waals surface area contributed by atoms with E-state index in [-0.39, 0.29) is 0 Å². The summed E-state index contributed by atoms with van der Waals surface area (Å²) in [7, 11) is 0. The largest absolute Gasteiger partial charge is 0.231 e. The Morgan fingerprint density at radius 2 is 1.94 bits per heavy atom.